The van der Waals surface area contributed by atoms with Crippen LogP contribution in [0.1, 0.15) is 11.9 Å². The zero-order chi connectivity index (χ0) is 10.7. The summed E-state index contributed by atoms with van der Waals surface area (Å²) in [5, 5.41) is 0. The number of hydrogen-bond acceptors (Lipinski definition) is 5. The van der Waals surface area contributed by atoms with Gasteiger partial charge in [-0.3, -0.25) is 4.74 Å². The molecule has 0 spiro atoms. The molecule has 0 aromatic heterocycles. The predicted molar refractivity (Wildman–Crippen MR) is 49.8 cm³/mol. The highest BCUT2D eigenvalue weighted by atomic mass is 17.3. The van der Waals surface area contributed by atoms with Crippen LogP contribution in [0.25, 0.3) is 0 Å². The third-order valence-electron chi connectivity index (χ3n) is 2.04. The summed E-state index contributed by atoms with van der Waals surface area (Å²) in [6.45, 7) is -0.767. The summed E-state index contributed by atoms with van der Waals surface area (Å²) in [6, 6.07) is 7.32. The summed E-state index contributed by atoms with van der Waals surface area (Å²) < 4.78 is 15.1. The smallest absolute Gasteiger partial charge is 0.303 e. The van der Waals surface area contributed by atoms with E-state index in [4.69, 9.17) is 24.0 Å². The second-order valence-electron chi connectivity index (χ2n) is 2.96. The summed E-state index contributed by atoms with van der Waals surface area (Å²) in [5.41, 5.74) is 0.843. The maximum atomic E-state index is 5.26. The van der Waals surface area contributed by atoms with Gasteiger partial charge in [0.2, 0.25) is 6.29 Å². The van der Waals surface area contributed by atoms with Crippen LogP contribution in [0.15, 0.2) is 24.3 Å². The van der Waals surface area contributed by atoms with E-state index in [-0.39, 0.29) is 0 Å². The zero-order valence-electron chi connectivity index (χ0n) is 8.51. The minimum absolute atomic E-state index is 0.555. The molecule has 2 unspecified atom stereocenters. The maximum absolute atomic E-state index is 5.26. The summed E-state index contributed by atoms with van der Waals surface area (Å²) in [7, 11) is 3.09. The SMILES string of the molecule is COc1ccc(C2OOC(OC)O2)cc1. The fourth-order valence-electron chi connectivity index (χ4n) is 1.23. The predicted octanol–water partition coefficient (Wildman–Crippen LogP) is 1.60. The first-order valence-corrected chi connectivity index (χ1v) is 4.48. The van der Waals surface area contributed by atoms with E-state index < -0.39 is 12.8 Å². The van der Waals surface area contributed by atoms with Gasteiger partial charge in [-0.1, -0.05) is 12.1 Å². The third kappa shape index (κ3) is 2.27. The maximum Gasteiger partial charge on any atom is 0.303 e. The van der Waals surface area contributed by atoms with Gasteiger partial charge < -0.3 is 9.47 Å². The molecule has 1 aliphatic heterocycles. The normalized spacial score (nSPS) is 25.5. The van der Waals surface area contributed by atoms with Crippen LogP contribution in [-0.4, -0.2) is 20.7 Å². The number of methoxy groups -OCH3 is 2. The van der Waals surface area contributed by atoms with Crippen LogP contribution in [-0.2, 0) is 19.2 Å². The quantitative estimate of drug-likeness (QED) is 0.712. The van der Waals surface area contributed by atoms with Gasteiger partial charge in [-0.2, -0.15) is 9.78 Å². The Kier molecular flexibility index (Phi) is 3.17. The molecule has 0 saturated carbocycles. The van der Waals surface area contributed by atoms with E-state index in [1.165, 1.54) is 7.11 Å². The minimum Gasteiger partial charge on any atom is -0.497 e. The Labute approximate surface area is 87.4 Å². The molecule has 5 heteroatoms. The molecule has 1 aliphatic rings. The summed E-state index contributed by atoms with van der Waals surface area (Å²) in [5.74, 6) is 0.779. The topological polar surface area (TPSA) is 46.2 Å². The fraction of sp³-hybridized carbons (Fsp3) is 0.400. The van der Waals surface area contributed by atoms with E-state index in [9.17, 15) is 0 Å². The summed E-state index contributed by atoms with van der Waals surface area (Å²) >= 11 is 0. The van der Waals surface area contributed by atoms with Gasteiger partial charge in [-0.25, -0.2) is 0 Å². The third-order valence-corrected chi connectivity index (χ3v) is 2.04. The molecule has 0 bridgehead atoms. The molecular weight excluding hydrogens is 200 g/mol. The molecule has 2 atom stereocenters. The van der Waals surface area contributed by atoms with Gasteiger partial charge in [0.1, 0.15) is 5.75 Å². The van der Waals surface area contributed by atoms with Crippen molar-refractivity contribution < 1.29 is 24.0 Å². The molecule has 1 aromatic carbocycles. The molecule has 1 aromatic rings. The molecule has 0 N–H and O–H groups in total. The monoisotopic (exact) mass is 212 g/mol. The van der Waals surface area contributed by atoms with Crippen molar-refractivity contribution in [1.82, 2.24) is 0 Å². The standard InChI is InChI=1S/C10H12O5/c1-11-8-5-3-7(4-6-8)9-13-10(12-2)15-14-9/h3-6,9-10H,1-2H3. The van der Waals surface area contributed by atoms with Gasteiger partial charge in [0.15, 0.2) is 0 Å². The Morgan fingerprint density at radius 3 is 2.33 bits per heavy atom. The summed E-state index contributed by atoms with van der Waals surface area (Å²) in [6.07, 6.45) is -0.555. The Morgan fingerprint density at radius 1 is 1.07 bits per heavy atom. The lowest BCUT2D eigenvalue weighted by atomic mass is 10.2. The summed E-state index contributed by atoms with van der Waals surface area (Å²) in [4.78, 5) is 9.68. The van der Waals surface area contributed by atoms with E-state index >= 15 is 0 Å². The molecule has 82 valence electrons. The first-order chi connectivity index (χ1) is 7.33. The van der Waals surface area contributed by atoms with Crippen LogP contribution in [0.4, 0.5) is 0 Å². The van der Waals surface area contributed by atoms with Crippen LogP contribution in [0.3, 0.4) is 0 Å². The van der Waals surface area contributed by atoms with Crippen molar-refractivity contribution in [3.05, 3.63) is 29.8 Å². The highest BCUT2D eigenvalue weighted by Crippen LogP contribution is 2.28. The van der Waals surface area contributed by atoms with E-state index in [1.54, 1.807) is 7.11 Å². The van der Waals surface area contributed by atoms with Crippen molar-refractivity contribution in [1.29, 1.82) is 0 Å². The van der Waals surface area contributed by atoms with Crippen LogP contribution in [0.5, 0.6) is 5.75 Å². The van der Waals surface area contributed by atoms with E-state index in [0.29, 0.717) is 0 Å². The first-order valence-electron chi connectivity index (χ1n) is 4.48. The molecule has 5 nitrogen and oxygen atoms in total. The van der Waals surface area contributed by atoms with Crippen LogP contribution >= 0.6 is 0 Å². The van der Waals surface area contributed by atoms with Crippen LogP contribution in [0, 0.1) is 0 Å². The largest absolute Gasteiger partial charge is 0.497 e. The lowest BCUT2D eigenvalue weighted by molar-refractivity contribution is -0.346. The molecule has 0 amide bonds. The van der Waals surface area contributed by atoms with Crippen molar-refractivity contribution in [2.45, 2.75) is 12.8 Å². The molecule has 1 heterocycles. The fourth-order valence-corrected chi connectivity index (χ4v) is 1.23. The van der Waals surface area contributed by atoms with Gasteiger partial charge in [0.25, 0.3) is 0 Å². The van der Waals surface area contributed by atoms with Gasteiger partial charge in [-0.15, -0.1) is 0 Å². The Morgan fingerprint density at radius 2 is 1.80 bits per heavy atom. The Bertz CT molecular complexity index is 310. The van der Waals surface area contributed by atoms with Crippen LogP contribution < -0.4 is 4.74 Å². The van der Waals surface area contributed by atoms with Crippen molar-refractivity contribution >= 4 is 0 Å². The molecule has 1 fully saturated rings. The van der Waals surface area contributed by atoms with E-state index in [0.717, 1.165) is 11.3 Å². The van der Waals surface area contributed by atoms with Crippen molar-refractivity contribution in [2.24, 2.45) is 0 Å². The van der Waals surface area contributed by atoms with Crippen molar-refractivity contribution in [3.63, 3.8) is 0 Å². The number of ether oxygens (including phenoxy) is 3. The molecule has 2 rings (SSSR count). The highest BCUT2D eigenvalue weighted by molar-refractivity contribution is 5.27. The van der Waals surface area contributed by atoms with E-state index in [2.05, 4.69) is 0 Å². The Hall–Kier alpha value is -1.14. The van der Waals surface area contributed by atoms with Crippen molar-refractivity contribution in [2.75, 3.05) is 14.2 Å². The second-order valence-corrected chi connectivity index (χ2v) is 2.96. The average molecular weight is 212 g/mol. The van der Waals surface area contributed by atoms with Gasteiger partial charge in [0, 0.05) is 12.7 Å². The minimum atomic E-state index is -0.767. The van der Waals surface area contributed by atoms with Gasteiger partial charge in [-0.05, 0) is 12.1 Å². The lowest BCUT2D eigenvalue weighted by Gasteiger charge is -2.07. The van der Waals surface area contributed by atoms with Gasteiger partial charge >= 0.3 is 6.48 Å². The van der Waals surface area contributed by atoms with Crippen LogP contribution in [0.2, 0.25) is 0 Å². The number of benzene rings is 1. The molecular formula is C10H12O5. The number of rotatable bonds is 3. The Balaban J connectivity index is 2.04. The molecule has 0 aliphatic carbocycles. The molecule has 15 heavy (non-hydrogen) atoms. The second kappa shape index (κ2) is 4.59. The average Bonchev–Trinajstić information content (AvgIpc) is 2.78. The first kappa shape index (κ1) is 10.4. The zero-order valence-corrected chi connectivity index (χ0v) is 8.51. The number of hydrogen-bond donors (Lipinski definition) is 0. The molecule has 1 saturated heterocycles. The molecule has 0 radical (unpaired) electrons. The lowest BCUT2D eigenvalue weighted by Crippen LogP contribution is -2.09. The highest BCUT2D eigenvalue weighted by Gasteiger charge is 2.28. The van der Waals surface area contributed by atoms with Crippen molar-refractivity contribution in [3.8, 4) is 5.75 Å². The van der Waals surface area contributed by atoms with Gasteiger partial charge in [0.05, 0.1) is 7.11 Å². The van der Waals surface area contributed by atoms with E-state index in [1.807, 2.05) is 24.3 Å².